The Kier molecular flexibility index (Phi) is 3.88. The molecule has 0 aromatic heterocycles. The largest absolute Gasteiger partial charge is 0.496 e. The fourth-order valence-corrected chi connectivity index (χ4v) is 1.52. The van der Waals surface area contributed by atoms with E-state index in [9.17, 15) is 9.18 Å². The van der Waals surface area contributed by atoms with Gasteiger partial charge in [-0.3, -0.25) is 4.79 Å². The van der Waals surface area contributed by atoms with Crippen LogP contribution in [0.25, 0.3) is 0 Å². The molecular weight excluding hydrogens is 211 g/mol. The van der Waals surface area contributed by atoms with E-state index in [1.165, 1.54) is 13.2 Å². The summed E-state index contributed by atoms with van der Waals surface area (Å²) in [5, 5.41) is 8.76. The van der Waals surface area contributed by atoms with Crippen molar-refractivity contribution < 1.29 is 19.0 Å². The van der Waals surface area contributed by atoms with E-state index in [1.54, 1.807) is 19.9 Å². The first kappa shape index (κ1) is 12.5. The summed E-state index contributed by atoms with van der Waals surface area (Å²) in [5.41, 5.74) is 1.21. The van der Waals surface area contributed by atoms with Crippen molar-refractivity contribution in [3.05, 3.63) is 29.1 Å². The van der Waals surface area contributed by atoms with Crippen molar-refractivity contribution in [1.82, 2.24) is 0 Å². The van der Waals surface area contributed by atoms with Crippen molar-refractivity contribution in [1.29, 1.82) is 0 Å². The normalized spacial score (nSPS) is 12.2. The second kappa shape index (κ2) is 4.96. The minimum absolute atomic E-state index is 0.187. The summed E-state index contributed by atoms with van der Waals surface area (Å²) in [7, 11) is 1.47. The van der Waals surface area contributed by atoms with Gasteiger partial charge in [0, 0.05) is 6.07 Å². The average Bonchev–Trinajstić information content (AvgIpc) is 2.22. The first-order chi connectivity index (χ1) is 7.45. The van der Waals surface area contributed by atoms with Crippen LogP contribution in [0.15, 0.2) is 12.1 Å². The summed E-state index contributed by atoms with van der Waals surface area (Å²) >= 11 is 0. The lowest BCUT2D eigenvalue weighted by Gasteiger charge is -2.11. The molecule has 0 bridgehead atoms. The van der Waals surface area contributed by atoms with Crippen molar-refractivity contribution in [2.75, 3.05) is 7.11 Å². The number of aliphatic carboxylic acids is 1. The molecule has 0 amide bonds. The number of hydrogen-bond acceptors (Lipinski definition) is 2. The van der Waals surface area contributed by atoms with Crippen LogP contribution in [-0.2, 0) is 11.2 Å². The van der Waals surface area contributed by atoms with Gasteiger partial charge >= 0.3 is 5.97 Å². The third-order valence-electron chi connectivity index (χ3n) is 2.51. The number of carbonyl (C=O) groups is 1. The zero-order chi connectivity index (χ0) is 12.3. The zero-order valence-electron chi connectivity index (χ0n) is 9.58. The average molecular weight is 226 g/mol. The fraction of sp³-hybridized carbons (Fsp3) is 0.417. The number of hydrogen-bond donors (Lipinski definition) is 1. The third kappa shape index (κ3) is 2.72. The maximum Gasteiger partial charge on any atom is 0.306 e. The van der Waals surface area contributed by atoms with E-state index in [4.69, 9.17) is 9.84 Å². The summed E-state index contributed by atoms with van der Waals surface area (Å²) in [4.78, 5) is 10.7. The summed E-state index contributed by atoms with van der Waals surface area (Å²) < 4.78 is 18.5. The Morgan fingerprint density at radius 2 is 2.19 bits per heavy atom. The van der Waals surface area contributed by atoms with Crippen LogP contribution >= 0.6 is 0 Å². The van der Waals surface area contributed by atoms with E-state index < -0.39 is 17.7 Å². The number of rotatable bonds is 4. The molecule has 1 atom stereocenters. The summed E-state index contributed by atoms with van der Waals surface area (Å²) in [6.45, 7) is 3.36. The van der Waals surface area contributed by atoms with Gasteiger partial charge in [-0.2, -0.15) is 0 Å². The van der Waals surface area contributed by atoms with E-state index in [1.807, 2.05) is 0 Å². The topological polar surface area (TPSA) is 46.5 Å². The highest BCUT2D eigenvalue weighted by Gasteiger charge is 2.15. The monoisotopic (exact) mass is 226 g/mol. The lowest BCUT2D eigenvalue weighted by molar-refractivity contribution is -0.141. The minimum Gasteiger partial charge on any atom is -0.496 e. The van der Waals surface area contributed by atoms with Gasteiger partial charge in [0.05, 0.1) is 13.0 Å². The maximum absolute atomic E-state index is 13.6. The van der Waals surface area contributed by atoms with Crippen LogP contribution in [0.5, 0.6) is 5.75 Å². The smallest absolute Gasteiger partial charge is 0.306 e. The Bertz CT molecular complexity index is 401. The van der Waals surface area contributed by atoms with Gasteiger partial charge in [-0.05, 0) is 30.5 Å². The molecule has 0 heterocycles. The Morgan fingerprint density at radius 1 is 1.56 bits per heavy atom. The molecule has 0 aliphatic carbocycles. The molecule has 1 aromatic rings. The molecule has 0 aliphatic rings. The predicted octanol–water partition coefficient (Wildman–Crippen LogP) is 2.41. The minimum atomic E-state index is -0.923. The highest BCUT2D eigenvalue weighted by Crippen LogP contribution is 2.23. The summed E-state index contributed by atoms with van der Waals surface area (Å²) in [6, 6.07) is 2.92. The second-order valence-corrected chi connectivity index (χ2v) is 3.86. The Balaban J connectivity index is 2.98. The van der Waals surface area contributed by atoms with Crippen LogP contribution in [-0.4, -0.2) is 18.2 Å². The maximum atomic E-state index is 13.6. The number of benzene rings is 1. The number of ether oxygens (including phenoxy) is 1. The van der Waals surface area contributed by atoms with E-state index >= 15 is 0 Å². The van der Waals surface area contributed by atoms with Crippen LogP contribution in [0.1, 0.15) is 18.1 Å². The molecule has 1 N–H and O–H groups in total. The van der Waals surface area contributed by atoms with Gasteiger partial charge in [-0.15, -0.1) is 0 Å². The predicted molar refractivity (Wildman–Crippen MR) is 58.2 cm³/mol. The molecule has 1 rings (SSSR count). The lowest BCUT2D eigenvalue weighted by Crippen LogP contribution is -2.13. The van der Waals surface area contributed by atoms with Crippen molar-refractivity contribution in [2.45, 2.75) is 20.3 Å². The second-order valence-electron chi connectivity index (χ2n) is 3.86. The highest BCUT2D eigenvalue weighted by molar-refractivity contribution is 5.69. The fourth-order valence-electron chi connectivity index (χ4n) is 1.52. The Labute approximate surface area is 93.9 Å². The molecule has 16 heavy (non-hydrogen) atoms. The molecule has 0 spiro atoms. The van der Waals surface area contributed by atoms with Crippen molar-refractivity contribution in [3.8, 4) is 5.75 Å². The number of carboxylic acid groups (broad SMARTS) is 1. The van der Waals surface area contributed by atoms with Gasteiger partial charge in [0.25, 0.3) is 0 Å². The molecule has 3 nitrogen and oxygen atoms in total. The molecule has 1 aromatic carbocycles. The molecule has 4 heteroatoms. The molecule has 0 saturated heterocycles. The third-order valence-corrected chi connectivity index (χ3v) is 2.51. The van der Waals surface area contributed by atoms with Gasteiger partial charge in [0.15, 0.2) is 0 Å². The molecule has 88 valence electrons. The zero-order valence-corrected chi connectivity index (χ0v) is 9.58. The molecule has 0 fully saturated rings. The summed E-state index contributed by atoms with van der Waals surface area (Å²) in [6.07, 6.45) is 0.187. The Morgan fingerprint density at radius 3 is 2.69 bits per heavy atom. The van der Waals surface area contributed by atoms with Crippen LogP contribution in [0.4, 0.5) is 4.39 Å². The van der Waals surface area contributed by atoms with E-state index in [2.05, 4.69) is 0 Å². The molecule has 0 aliphatic heterocycles. The van der Waals surface area contributed by atoms with E-state index in [-0.39, 0.29) is 6.42 Å². The number of halogens is 1. The van der Waals surface area contributed by atoms with Gasteiger partial charge in [-0.25, -0.2) is 4.39 Å². The standard InChI is InChI=1S/C12H15FO3/c1-7-4-9(5-8(2)12(14)15)10(13)6-11(7)16-3/h4,6,8H,5H2,1-3H3,(H,14,15). The molecule has 1 unspecified atom stereocenters. The molecule has 0 radical (unpaired) electrons. The quantitative estimate of drug-likeness (QED) is 0.857. The van der Waals surface area contributed by atoms with Gasteiger partial charge in [0.1, 0.15) is 11.6 Å². The SMILES string of the molecule is COc1cc(F)c(CC(C)C(=O)O)cc1C. The van der Waals surface area contributed by atoms with Crippen molar-refractivity contribution in [3.63, 3.8) is 0 Å². The Hall–Kier alpha value is -1.58. The van der Waals surface area contributed by atoms with Gasteiger partial charge in [-0.1, -0.05) is 6.92 Å². The van der Waals surface area contributed by atoms with Crippen LogP contribution in [0.3, 0.4) is 0 Å². The summed E-state index contributed by atoms with van der Waals surface area (Å²) in [5.74, 6) is -1.46. The van der Waals surface area contributed by atoms with Crippen LogP contribution in [0.2, 0.25) is 0 Å². The first-order valence-corrected chi connectivity index (χ1v) is 5.01. The number of carboxylic acids is 1. The van der Waals surface area contributed by atoms with Crippen LogP contribution < -0.4 is 4.74 Å². The van der Waals surface area contributed by atoms with E-state index in [0.717, 1.165) is 5.56 Å². The lowest BCUT2D eigenvalue weighted by atomic mass is 9.99. The number of methoxy groups -OCH3 is 1. The van der Waals surface area contributed by atoms with E-state index in [0.29, 0.717) is 11.3 Å². The first-order valence-electron chi connectivity index (χ1n) is 5.01. The molecular formula is C12H15FO3. The van der Waals surface area contributed by atoms with Crippen molar-refractivity contribution in [2.24, 2.45) is 5.92 Å². The highest BCUT2D eigenvalue weighted by atomic mass is 19.1. The van der Waals surface area contributed by atoms with Gasteiger partial charge < -0.3 is 9.84 Å². The molecule has 0 saturated carbocycles. The number of aryl methyl sites for hydroxylation is 1. The van der Waals surface area contributed by atoms with Gasteiger partial charge in [0.2, 0.25) is 0 Å². The van der Waals surface area contributed by atoms with Crippen LogP contribution in [0, 0.1) is 18.7 Å². The van der Waals surface area contributed by atoms with Crippen molar-refractivity contribution >= 4 is 5.97 Å².